The molecule has 0 radical (unpaired) electrons. The van der Waals surface area contributed by atoms with E-state index in [0.717, 1.165) is 0 Å². The van der Waals surface area contributed by atoms with Crippen molar-refractivity contribution in [3.63, 3.8) is 0 Å². The van der Waals surface area contributed by atoms with E-state index >= 15 is 0 Å². The van der Waals surface area contributed by atoms with Gasteiger partial charge in [-0.15, -0.1) is 0 Å². The van der Waals surface area contributed by atoms with E-state index in [-0.39, 0.29) is 5.78 Å². The second kappa shape index (κ2) is 4.69. The van der Waals surface area contributed by atoms with Crippen molar-refractivity contribution >= 4 is 5.78 Å². The molecule has 1 aliphatic carbocycles. The maximum Gasteiger partial charge on any atom is 0.212 e. The van der Waals surface area contributed by atoms with Crippen molar-refractivity contribution in [3.05, 3.63) is 59.7 Å². The molecule has 3 nitrogen and oxygen atoms in total. The molecule has 3 heteroatoms. The van der Waals surface area contributed by atoms with Gasteiger partial charge >= 0.3 is 0 Å². The van der Waals surface area contributed by atoms with Crippen molar-refractivity contribution in [2.24, 2.45) is 0 Å². The maximum absolute atomic E-state index is 12.2. The normalized spacial score (nSPS) is 15.1. The fourth-order valence-electron chi connectivity index (χ4n) is 2.24. The SMILES string of the molecule is O=C(c1cccc(C2CCC2)c1)c1cnccn1. The lowest BCUT2D eigenvalue weighted by Crippen LogP contribution is -2.10. The minimum Gasteiger partial charge on any atom is -0.287 e. The summed E-state index contributed by atoms with van der Waals surface area (Å²) in [5.41, 5.74) is 2.39. The molecule has 1 aliphatic rings. The summed E-state index contributed by atoms with van der Waals surface area (Å²) in [6, 6.07) is 7.91. The predicted octanol–water partition coefficient (Wildman–Crippen LogP) is 2.98. The van der Waals surface area contributed by atoms with Gasteiger partial charge in [-0.3, -0.25) is 9.78 Å². The zero-order valence-electron chi connectivity index (χ0n) is 10.0. The van der Waals surface area contributed by atoms with E-state index < -0.39 is 0 Å². The molecule has 1 saturated carbocycles. The van der Waals surface area contributed by atoms with Crippen molar-refractivity contribution in [2.75, 3.05) is 0 Å². The molecule has 0 aliphatic heterocycles. The predicted molar refractivity (Wildman–Crippen MR) is 68.5 cm³/mol. The lowest BCUT2D eigenvalue weighted by Gasteiger charge is -2.26. The van der Waals surface area contributed by atoms with E-state index in [2.05, 4.69) is 16.0 Å². The number of carbonyl (C=O) groups excluding carboxylic acids is 1. The van der Waals surface area contributed by atoms with Gasteiger partial charge in [-0.25, -0.2) is 4.98 Å². The van der Waals surface area contributed by atoms with Gasteiger partial charge in [-0.05, 0) is 30.4 Å². The first-order chi connectivity index (χ1) is 8.84. The molecule has 1 heterocycles. The van der Waals surface area contributed by atoms with Crippen LogP contribution >= 0.6 is 0 Å². The molecule has 1 fully saturated rings. The van der Waals surface area contributed by atoms with Gasteiger partial charge in [0.05, 0.1) is 6.20 Å². The molecular weight excluding hydrogens is 224 g/mol. The number of aromatic nitrogens is 2. The Labute approximate surface area is 106 Å². The third kappa shape index (κ3) is 2.04. The summed E-state index contributed by atoms with van der Waals surface area (Å²) in [4.78, 5) is 20.2. The minimum absolute atomic E-state index is 0.0516. The van der Waals surface area contributed by atoms with E-state index in [1.807, 2.05) is 18.2 Å². The van der Waals surface area contributed by atoms with Gasteiger partial charge in [0, 0.05) is 18.0 Å². The quantitative estimate of drug-likeness (QED) is 0.772. The molecule has 3 rings (SSSR count). The van der Waals surface area contributed by atoms with Crippen LogP contribution in [-0.4, -0.2) is 15.8 Å². The van der Waals surface area contributed by atoms with E-state index in [4.69, 9.17) is 0 Å². The Balaban J connectivity index is 1.90. The fourth-order valence-corrected chi connectivity index (χ4v) is 2.24. The largest absolute Gasteiger partial charge is 0.287 e. The Morgan fingerprint density at radius 1 is 1.22 bits per heavy atom. The molecule has 0 N–H and O–H groups in total. The van der Waals surface area contributed by atoms with Gasteiger partial charge in [0.15, 0.2) is 0 Å². The summed E-state index contributed by atoms with van der Waals surface area (Å²) in [6.07, 6.45) is 8.40. The summed E-state index contributed by atoms with van der Waals surface area (Å²) in [6.45, 7) is 0. The minimum atomic E-state index is -0.0516. The van der Waals surface area contributed by atoms with Crippen LogP contribution in [0.3, 0.4) is 0 Å². The van der Waals surface area contributed by atoms with E-state index in [9.17, 15) is 4.79 Å². The molecule has 0 atom stereocenters. The molecule has 90 valence electrons. The third-order valence-corrected chi connectivity index (χ3v) is 3.52. The van der Waals surface area contributed by atoms with Crippen LogP contribution in [-0.2, 0) is 0 Å². The second-order valence-corrected chi connectivity index (χ2v) is 4.67. The van der Waals surface area contributed by atoms with Crippen molar-refractivity contribution in [1.82, 2.24) is 9.97 Å². The molecule has 1 aromatic heterocycles. The highest BCUT2D eigenvalue weighted by Crippen LogP contribution is 2.36. The van der Waals surface area contributed by atoms with Crippen LogP contribution in [0, 0.1) is 0 Å². The molecule has 0 amide bonds. The number of nitrogens with zero attached hydrogens (tertiary/aromatic N) is 2. The van der Waals surface area contributed by atoms with Crippen LogP contribution < -0.4 is 0 Å². The van der Waals surface area contributed by atoms with Gasteiger partial charge in [0.2, 0.25) is 5.78 Å². The monoisotopic (exact) mass is 238 g/mol. The molecule has 0 bridgehead atoms. The Bertz CT molecular complexity index is 562. The Hall–Kier alpha value is -2.03. The Morgan fingerprint density at radius 3 is 2.78 bits per heavy atom. The van der Waals surface area contributed by atoms with Gasteiger partial charge < -0.3 is 0 Å². The summed E-state index contributed by atoms with van der Waals surface area (Å²) in [7, 11) is 0. The van der Waals surface area contributed by atoms with Gasteiger partial charge in [-0.1, -0.05) is 24.6 Å². The van der Waals surface area contributed by atoms with Crippen LogP contribution in [0.25, 0.3) is 0 Å². The molecule has 2 aromatic rings. The zero-order valence-corrected chi connectivity index (χ0v) is 10.0. The summed E-state index contributed by atoms with van der Waals surface area (Å²) >= 11 is 0. The molecular formula is C15H14N2O. The first kappa shape index (κ1) is 11.1. The standard InChI is InChI=1S/C15H14N2O/c18-15(14-10-16-7-8-17-14)13-6-2-5-12(9-13)11-3-1-4-11/h2,5-11H,1,3-4H2. The lowest BCUT2D eigenvalue weighted by atomic mass is 9.79. The van der Waals surface area contributed by atoms with Crippen LogP contribution in [0.2, 0.25) is 0 Å². The summed E-state index contributed by atoms with van der Waals surface area (Å²) in [5.74, 6) is 0.587. The Morgan fingerprint density at radius 2 is 2.11 bits per heavy atom. The van der Waals surface area contributed by atoms with Crippen molar-refractivity contribution in [3.8, 4) is 0 Å². The summed E-state index contributed by atoms with van der Waals surface area (Å²) in [5, 5.41) is 0. The van der Waals surface area contributed by atoms with Crippen LogP contribution in [0.1, 0.15) is 46.8 Å². The van der Waals surface area contributed by atoms with E-state index in [1.165, 1.54) is 31.0 Å². The Kier molecular flexibility index (Phi) is 2.89. The zero-order chi connectivity index (χ0) is 12.4. The number of ketones is 1. The first-order valence-electron chi connectivity index (χ1n) is 6.25. The second-order valence-electron chi connectivity index (χ2n) is 4.67. The highest BCUT2D eigenvalue weighted by atomic mass is 16.1. The molecule has 0 spiro atoms. The smallest absolute Gasteiger partial charge is 0.212 e. The highest BCUT2D eigenvalue weighted by Gasteiger charge is 2.20. The topological polar surface area (TPSA) is 42.9 Å². The summed E-state index contributed by atoms with van der Waals surface area (Å²) < 4.78 is 0. The average Bonchev–Trinajstić information content (AvgIpc) is 2.37. The van der Waals surface area contributed by atoms with Crippen LogP contribution in [0.15, 0.2) is 42.9 Å². The number of benzene rings is 1. The highest BCUT2D eigenvalue weighted by molar-refractivity contribution is 6.07. The van der Waals surface area contributed by atoms with E-state index in [1.54, 1.807) is 12.4 Å². The molecule has 18 heavy (non-hydrogen) atoms. The average molecular weight is 238 g/mol. The number of hydrogen-bond donors (Lipinski definition) is 0. The molecule has 0 unspecified atom stereocenters. The lowest BCUT2D eigenvalue weighted by molar-refractivity contribution is 0.103. The number of carbonyl (C=O) groups is 1. The number of hydrogen-bond acceptors (Lipinski definition) is 3. The molecule has 1 aromatic carbocycles. The fraction of sp³-hybridized carbons (Fsp3) is 0.267. The van der Waals surface area contributed by atoms with Crippen LogP contribution in [0.4, 0.5) is 0 Å². The van der Waals surface area contributed by atoms with Crippen molar-refractivity contribution < 1.29 is 4.79 Å². The van der Waals surface area contributed by atoms with Gasteiger partial charge in [-0.2, -0.15) is 0 Å². The van der Waals surface area contributed by atoms with E-state index in [0.29, 0.717) is 17.2 Å². The third-order valence-electron chi connectivity index (χ3n) is 3.52. The van der Waals surface area contributed by atoms with Gasteiger partial charge in [0.25, 0.3) is 0 Å². The van der Waals surface area contributed by atoms with Crippen LogP contribution in [0.5, 0.6) is 0 Å². The van der Waals surface area contributed by atoms with Crippen molar-refractivity contribution in [2.45, 2.75) is 25.2 Å². The molecule has 0 saturated heterocycles. The number of rotatable bonds is 3. The van der Waals surface area contributed by atoms with Gasteiger partial charge in [0.1, 0.15) is 5.69 Å². The maximum atomic E-state index is 12.2. The first-order valence-corrected chi connectivity index (χ1v) is 6.25. The van der Waals surface area contributed by atoms with Crippen molar-refractivity contribution in [1.29, 1.82) is 0 Å².